The van der Waals surface area contributed by atoms with Gasteiger partial charge < -0.3 is 0 Å². The van der Waals surface area contributed by atoms with E-state index >= 15 is 0 Å². The van der Waals surface area contributed by atoms with E-state index in [9.17, 15) is 17.2 Å². The first-order valence-corrected chi connectivity index (χ1v) is 8.98. The van der Waals surface area contributed by atoms with Crippen LogP contribution in [0.15, 0.2) is 82.6 Å². The summed E-state index contributed by atoms with van der Waals surface area (Å²) in [5.74, 6) is -1.08. The van der Waals surface area contributed by atoms with Crippen molar-refractivity contribution in [1.29, 1.82) is 0 Å². The molecule has 0 spiro atoms. The van der Waals surface area contributed by atoms with Crippen molar-refractivity contribution in [1.82, 2.24) is 0 Å². The molecule has 126 valence electrons. The minimum Gasteiger partial charge on any atom is -0.218 e. The third kappa shape index (κ3) is 3.83. The number of hydrogen-bond acceptors (Lipinski definition) is 2. The van der Waals surface area contributed by atoms with Crippen molar-refractivity contribution in [3.05, 3.63) is 95.6 Å². The second-order valence-corrected chi connectivity index (χ2v) is 7.31. The molecule has 0 heterocycles. The van der Waals surface area contributed by atoms with E-state index in [4.69, 9.17) is 0 Å². The average molecular weight is 356 g/mol. The van der Waals surface area contributed by atoms with E-state index in [0.717, 1.165) is 17.2 Å². The highest BCUT2D eigenvalue weighted by molar-refractivity contribution is 7.91. The Kier molecular flexibility index (Phi) is 4.76. The Morgan fingerprint density at radius 2 is 1.20 bits per heavy atom. The Bertz CT molecular complexity index is 1010. The predicted molar refractivity (Wildman–Crippen MR) is 93.6 cm³/mol. The predicted octanol–water partition coefficient (Wildman–Crippen LogP) is 4.97. The molecule has 0 aromatic heterocycles. The Balaban J connectivity index is 1.85. The Morgan fingerprint density at radius 1 is 0.680 bits per heavy atom. The van der Waals surface area contributed by atoms with Gasteiger partial charge in [0.2, 0.25) is 9.84 Å². The maximum Gasteiger partial charge on any atom is 0.209 e. The van der Waals surface area contributed by atoms with Gasteiger partial charge in [-0.15, -0.1) is 0 Å². The van der Waals surface area contributed by atoms with Crippen LogP contribution in [-0.4, -0.2) is 8.42 Å². The van der Waals surface area contributed by atoms with Crippen molar-refractivity contribution >= 4 is 22.0 Å². The number of sulfone groups is 1. The zero-order valence-electron chi connectivity index (χ0n) is 13.1. The molecule has 0 radical (unpaired) electrons. The maximum atomic E-state index is 13.8. The lowest BCUT2D eigenvalue weighted by atomic mass is 10.1. The van der Waals surface area contributed by atoms with Crippen LogP contribution in [-0.2, 0) is 9.84 Å². The van der Waals surface area contributed by atoms with Gasteiger partial charge in [-0.1, -0.05) is 48.6 Å². The lowest BCUT2D eigenvalue weighted by Crippen LogP contribution is -2.04. The van der Waals surface area contributed by atoms with Crippen molar-refractivity contribution in [2.24, 2.45) is 0 Å². The summed E-state index contributed by atoms with van der Waals surface area (Å²) in [5.41, 5.74) is 1.60. The van der Waals surface area contributed by atoms with Crippen LogP contribution in [0.2, 0.25) is 0 Å². The summed E-state index contributed by atoms with van der Waals surface area (Å²) in [5, 5.41) is 0. The van der Waals surface area contributed by atoms with E-state index in [1.165, 1.54) is 42.5 Å². The number of rotatable bonds is 4. The molecule has 0 saturated carbocycles. The molecule has 3 rings (SSSR count). The van der Waals surface area contributed by atoms with Crippen LogP contribution in [0.25, 0.3) is 12.2 Å². The van der Waals surface area contributed by atoms with E-state index < -0.39 is 15.7 Å². The highest BCUT2D eigenvalue weighted by Crippen LogP contribution is 2.23. The summed E-state index contributed by atoms with van der Waals surface area (Å²) < 4.78 is 51.6. The van der Waals surface area contributed by atoms with Crippen molar-refractivity contribution in [3.8, 4) is 0 Å². The molecule has 0 aliphatic carbocycles. The molecular formula is C20H14F2O2S. The molecule has 0 saturated heterocycles. The standard InChI is InChI=1S/C20H14F2O2S/c21-17-11-7-15(8-12-17)5-6-16-9-13-18(14-10-16)25(23,24)20-4-2-1-3-19(20)22/h1-14H/b6-5+. The van der Waals surface area contributed by atoms with E-state index in [1.807, 2.05) is 0 Å². The molecule has 2 nitrogen and oxygen atoms in total. The van der Waals surface area contributed by atoms with Gasteiger partial charge in [-0.3, -0.25) is 0 Å². The van der Waals surface area contributed by atoms with Gasteiger partial charge in [0.1, 0.15) is 16.5 Å². The van der Waals surface area contributed by atoms with Gasteiger partial charge >= 0.3 is 0 Å². The van der Waals surface area contributed by atoms with Crippen LogP contribution in [0.3, 0.4) is 0 Å². The molecule has 0 N–H and O–H groups in total. The average Bonchev–Trinajstić information content (AvgIpc) is 2.62. The number of hydrogen-bond donors (Lipinski definition) is 0. The summed E-state index contributed by atoms with van der Waals surface area (Å²) in [7, 11) is -3.90. The smallest absolute Gasteiger partial charge is 0.209 e. The first kappa shape index (κ1) is 17.0. The monoisotopic (exact) mass is 356 g/mol. The van der Waals surface area contributed by atoms with Crippen LogP contribution < -0.4 is 0 Å². The molecule has 0 bridgehead atoms. The largest absolute Gasteiger partial charge is 0.218 e. The number of halogens is 2. The summed E-state index contributed by atoms with van der Waals surface area (Å²) in [6.07, 6.45) is 3.58. The normalized spacial score (nSPS) is 11.8. The van der Waals surface area contributed by atoms with Crippen LogP contribution in [0.4, 0.5) is 8.78 Å². The zero-order chi connectivity index (χ0) is 17.9. The van der Waals surface area contributed by atoms with Gasteiger partial charge in [-0.2, -0.15) is 0 Å². The molecule has 0 amide bonds. The second-order valence-electron chi connectivity index (χ2n) is 5.39. The molecule has 3 aromatic carbocycles. The van der Waals surface area contributed by atoms with E-state index in [-0.39, 0.29) is 15.6 Å². The lowest BCUT2D eigenvalue weighted by Gasteiger charge is -2.06. The van der Waals surface area contributed by atoms with Crippen molar-refractivity contribution < 1.29 is 17.2 Å². The van der Waals surface area contributed by atoms with E-state index in [1.54, 1.807) is 36.4 Å². The van der Waals surface area contributed by atoms with Crippen LogP contribution in [0.1, 0.15) is 11.1 Å². The minimum atomic E-state index is -3.90. The molecule has 0 atom stereocenters. The summed E-state index contributed by atoms with van der Waals surface area (Å²) >= 11 is 0. The van der Waals surface area contributed by atoms with Gasteiger partial charge in [0.25, 0.3) is 0 Å². The molecule has 0 fully saturated rings. The Labute approximate surface area is 145 Å². The lowest BCUT2D eigenvalue weighted by molar-refractivity contribution is 0.567. The molecule has 0 aliphatic rings. The second kappa shape index (κ2) is 6.99. The SMILES string of the molecule is O=S(=O)(c1ccc(/C=C/c2ccc(F)cc2)cc1)c1ccccc1F. The molecule has 0 unspecified atom stereocenters. The molecule has 0 aliphatic heterocycles. The van der Waals surface area contributed by atoms with Crippen LogP contribution in [0, 0.1) is 11.6 Å². The van der Waals surface area contributed by atoms with Gasteiger partial charge in [0.05, 0.1) is 4.90 Å². The first-order valence-electron chi connectivity index (χ1n) is 7.50. The topological polar surface area (TPSA) is 34.1 Å². The van der Waals surface area contributed by atoms with Crippen LogP contribution >= 0.6 is 0 Å². The first-order chi connectivity index (χ1) is 12.0. The summed E-state index contributed by atoms with van der Waals surface area (Å²) in [4.78, 5) is -0.318. The highest BCUT2D eigenvalue weighted by atomic mass is 32.2. The molecule has 25 heavy (non-hydrogen) atoms. The summed E-state index contributed by atoms with van der Waals surface area (Å²) in [6.45, 7) is 0. The maximum absolute atomic E-state index is 13.8. The third-order valence-corrected chi connectivity index (χ3v) is 5.46. The zero-order valence-corrected chi connectivity index (χ0v) is 13.9. The van der Waals surface area contributed by atoms with Crippen molar-refractivity contribution in [3.63, 3.8) is 0 Å². The van der Waals surface area contributed by atoms with Gasteiger partial charge in [0.15, 0.2) is 0 Å². The van der Waals surface area contributed by atoms with Crippen LogP contribution in [0.5, 0.6) is 0 Å². The minimum absolute atomic E-state index is 0.0246. The van der Waals surface area contributed by atoms with E-state index in [0.29, 0.717) is 0 Å². The fourth-order valence-corrected chi connectivity index (χ4v) is 3.64. The van der Waals surface area contributed by atoms with E-state index in [2.05, 4.69) is 0 Å². The highest BCUT2D eigenvalue weighted by Gasteiger charge is 2.20. The quantitative estimate of drug-likeness (QED) is 0.619. The Hall–Kier alpha value is -2.79. The van der Waals surface area contributed by atoms with Crippen molar-refractivity contribution in [2.45, 2.75) is 9.79 Å². The fraction of sp³-hybridized carbons (Fsp3) is 0. The van der Waals surface area contributed by atoms with Gasteiger partial charge in [-0.25, -0.2) is 17.2 Å². The summed E-state index contributed by atoms with van der Waals surface area (Å²) in [6, 6.07) is 17.4. The van der Waals surface area contributed by atoms with Gasteiger partial charge in [-0.05, 0) is 47.5 Å². The molecule has 5 heteroatoms. The van der Waals surface area contributed by atoms with Gasteiger partial charge in [0, 0.05) is 0 Å². The van der Waals surface area contributed by atoms with Crippen molar-refractivity contribution in [2.75, 3.05) is 0 Å². The fourth-order valence-electron chi connectivity index (χ4n) is 2.31. The molecular weight excluding hydrogens is 342 g/mol. The number of benzene rings is 3. The Morgan fingerprint density at radius 3 is 1.76 bits per heavy atom. The molecule has 3 aromatic rings. The third-order valence-electron chi connectivity index (χ3n) is 3.65.